The van der Waals surface area contributed by atoms with E-state index in [-0.39, 0.29) is 11.7 Å². The Morgan fingerprint density at radius 2 is 2.20 bits per heavy atom. The van der Waals surface area contributed by atoms with Gasteiger partial charge in [-0.05, 0) is 32.6 Å². The van der Waals surface area contributed by atoms with Crippen LogP contribution < -0.4 is 5.32 Å². The zero-order valence-corrected chi connectivity index (χ0v) is 12.0. The molecule has 6 heteroatoms. The number of carbonyl (C=O) groups excluding carboxylic acids is 1. The first-order valence-corrected chi connectivity index (χ1v) is 6.62. The second kappa shape index (κ2) is 6.00. The molecule has 5 nitrogen and oxygen atoms in total. The Morgan fingerprint density at radius 1 is 1.45 bits per heavy atom. The van der Waals surface area contributed by atoms with Crippen molar-refractivity contribution in [2.24, 2.45) is 0 Å². The number of pyridine rings is 1. The molecule has 0 radical (unpaired) electrons. The minimum Gasteiger partial charge on any atom is -0.349 e. The number of nitrogens with one attached hydrogen (secondary N) is 1. The Labute approximate surface area is 117 Å². The lowest BCUT2D eigenvalue weighted by molar-refractivity contribution is 0.0944. The first kappa shape index (κ1) is 14.5. The van der Waals surface area contributed by atoms with Crippen LogP contribution in [0.15, 0.2) is 18.3 Å². The van der Waals surface area contributed by atoms with Gasteiger partial charge in [0, 0.05) is 19.3 Å². The van der Waals surface area contributed by atoms with E-state index in [0.29, 0.717) is 30.0 Å². The van der Waals surface area contributed by atoms with E-state index in [9.17, 15) is 9.18 Å². The molecule has 0 aromatic carbocycles. The van der Waals surface area contributed by atoms with E-state index in [1.807, 2.05) is 25.9 Å². The van der Waals surface area contributed by atoms with E-state index in [0.717, 1.165) is 6.54 Å². The fourth-order valence-electron chi connectivity index (χ4n) is 2.03. The molecule has 0 spiro atoms. The van der Waals surface area contributed by atoms with Gasteiger partial charge >= 0.3 is 0 Å². The van der Waals surface area contributed by atoms with Crippen LogP contribution in [0.25, 0.3) is 5.65 Å². The summed E-state index contributed by atoms with van der Waals surface area (Å²) in [7, 11) is 3.88. The van der Waals surface area contributed by atoms with Gasteiger partial charge in [0.2, 0.25) is 0 Å². The van der Waals surface area contributed by atoms with Crippen molar-refractivity contribution in [3.8, 4) is 0 Å². The molecule has 2 rings (SSSR count). The molecule has 2 aromatic heterocycles. The SMILES string of the molecule is CCc1nc2ccc(F)cn2c1C(=O)NCCN(C)C. The summed E-state index contributed by atoms with van der Waals surface area (Å²) < 4.78 is 14.9. The largest absolute Gasteiger partial charge is 0.349 e. The third-order valence-corrected chi connectivity index (χ3v) is 3.05. The molecule has 0 aliphatic carbocycles. The van der Waals surface area contributed by atoms with Crippen molar-refractivity contribution in [3.63, 3.8) is 0 Å². The van der Waals surface area contributed by atoms with Crippen molar-refractivity contribution in [2.45, 2.75) is 13.3 Å². The first-order chi connectivity index (χ1) is 9.52. The number of imidazole rings is 1. The van der Waals surface area contributed by atoms with Crippen LogP contribution in [0.2, 0.25) is 0 Å². The minimum atomic E-state index is -0.389. The lowest BCUT2D eigenvalue weighted by Gasteiger charge is -2.10. The van der Waals surface area contributed by atoms with Crippen LogP contribution in [-0.4, -0.2) is 47.4 Å². The maximum Gasteiger partial charge on any atom is 0.270 e. The number of halogens is 1. The topological polar surface area (TPSA) is 49.6 Å². The summed E-state index contributed by atoms with van der Waals surface area (Å²) in [6.07, 6.45) is 1.92. The molecule has 108 valence electrons. The van der Waals surface area contributed by atoms with Crippen LogP contribution in [0.3, 0.4) is 0 Å². The van der Waals surface area contributed by atoms with Gasteiger partial charge in [0.05, 0.1) is 5.69 Å². The van der Waals surface area contributed by atoms with Crippen molar-refractivity contribution < 1.29 is 9.18 Å². The lowest BCUT2D eigenvalue weighted by atomic mass is 10.2. The summed E-state index contributed by atoms with van der Waals surface area (Å²) in [4.78, 5) is 18.6. The van der Waals surface area contributed by atoms with E-state index >= 15 is 0 Å². The molecule has 0 saturated carbocycles. The molecule has 0 bridgehead atoms. The summed E-state index contributed by atoms with van der Waals surface area (Å²) >= 11 is 0. The molecule has 0 atom stereocenters. The van der Waals surface area contributed by atoms with Crippen LogP contribution in [0.1, 0.15) is 23.1 Å². The highest BCUT2D eigenvalue weighted by molar-refractivity contribution is 5.94. The molecule has 1 N–H and O–H groups in total. The average molecular weight is 278 g/mol. The molecule has 2 aromatic rings. The number of aryl methyl sites for hydroxylation is 1. The predicted octanol–water partition coefficient (Wildman–Crippen LogP) is 1.33. The molecule has 1 amide bonds. The monoisotopic (exact) mass is 278 g/mol. The summed E-state index contributed by atoms with van der Waals surface area (Å²) in [5, 5.41) is 2.84. The Balaban J connectivity index is 2.31. The Morgan fingerprint density at radius 3 is 2.85 bits per heavy atom. The molecule has 2 heterocycles. The van der Waals surface area contributed by atoms with Gasteiger partial charge in [0.1, 0.15) is 17.2 Å². The number of carbonyl (C=O) groups is 1. The van der Waals surface area contributed by atoms with Crippen LogP contribution in [0.4, 0.5) is 4.39 Å². The van der Waals surface area contributed by atoms with Gasteiger partial charge in [-0.1, -0.05) is 6.92 Å². The zero-order chi connectivity index (χ0) is 14.7. The average Bonchev–Trinajstić information content (AvgIpc) is 2.75. The molecular formula is C14H19FN4O. The van der Waals surface area contributed by atoms with E-state index < -0.39 is 0 Å². The van der Waals surface area contributed by atoms with Crippen LogP contribution in [0, 0.1) is 5.82 Å². The van der Waals surface area contributed by atoms with Gasteiger partial charge < -0.3 is 10.2 Å². The molecule has 0 aliphatic rings. The maximum absolute atomic E-state index is 13.4. The van der Waals surface area contributed by atoms with Crippen molar-refractivity contribution in [3.05, 3.63) is 35.5 Å². The van der Waals surface area contributed by atoms with Crippen molar-refractivity contribution in [2.75, 3.05) is 27.2 Å². The number of amides is 1. The van der Waals surface area contributed by atoms with Gasteiger partial charge in [-0.2, -0.15) is 0 Å². The zero-order valence-electron chi connectivity index (χ0n) is 12.0. The Hall–Kier alpha value is -1.95. The van der Waals surface area contributed by atoms with Crippen molar-refractivity contribution in [1.82, 2.24) is 19.6 Å². The number of nitrogens with zero attached hydrogens (tertiary/aromatic N) is 3. The third kappa shape index (κ3) is 2.96. The van der Waals surface area contributed by atoms with Crippen LogP contribution >= 0.6 is 0 Å². The number of likely N-dealkylation sites (N-methyl/N-ethyl adjacent to an activating group) is 1. The van der Waals surface area contributed by atoms with E-state index in [1.54, 1.807) is 6.07 Å². The Bertz CT molecular complexity index is 621. The minimum absolute atomic E-state index is 0.221. The van der Waals surface area contributed by atoms with Gasteiger partial charge in [0.15, 0.2) is 0 Å². The second-order valence-corrected chi connectivity index (χ2v) is 4.90. The number of hydrogen-bond acceptors (Lipinski definition) is 3. The van der Waals surface area contributed by atoms with E-state index in [2.05, 4.69) is 10.3 Å². The normalized spacial score (nSPS) is 11.2. The maximum atomic E-state index is 13.4. The molecule has 0 unspecified atom stereocenters. The predicted molar refractivity (Wildman–Crippen MR) is 75.4 cm³/mol. The van der Waals surface area contributed by atoms with Gasteiger partial charge in [-0.15, -0.1) is 0 Å². The highest BCUT2D eigenvalue weighted by Crippen LogP contribution is 2.14. The van der Waals surface area contributed by atoms with Crippen LogP contribution in [-0.2, 0) is 6.42 Å². The Kier molecular flexibility index (Phi) is 4.34. The number of rotatable bonds is 5. The molecular weight excluding hydrogens is 259 g/mol. The van der Waals surface area contributed by atoms with Crippen LogP contribution in [0.5, 0.6) is 0 Å². The highest BCUT2D eigenvalue weighted by atomic mass is 19.1. The van der Waals surface area contributed by atoms with Crippen molar-refractivity contribution >= 4 is 11.6 Å². The smallest absolute Gasteiger partial charge is 0.270 e. The third-order valence-electron chi connectivity index (χ3n) is 3.05. The summed E-state index contributed by atoms with van der Waals surface area (Å²) in [5.41, 5.74) is 1.68. The number of aromatic nitrogens is 2. The summed E-state index contributed by atoms with van der Waals surface area (Å²) in [6.45, 7) is 3.21. The lowest BCUT2D eigenvalue weighted by Crippen LogP contribution is -2.32. The standard InChI is InChI=1S/C14H19FN4O/c1-4-11-13(14(20)16-7-8-18(2)3)19-9-10(15)5-6-12(19)17-11/h5-6,9H,4,7-8H2,1-3H3,(H,16,20). The highest BCUT2D eigenvalue weighted by Gasteiger charge is 2.18. The fraction of sp³-hybridized carbons (Fsp3) is 0.429. The fourth-order valence-corrected chi connectivity index (χ4v) is 2.03. The quantitative estimate of drug-likeness (QED) is 0.897. The molecule has 0 saturated heterocycles. The number of fused-ring (bicyclic) bond motifs is 1. The second-order valence-electron chi connectivity index (χ2n) is 4.90. The number of hydrogen-bond donors (Lipinski definition) is 1. The molecule has 20 heavy (non-hydrogen) atoms. The van der Waals surface area contributed by atoms with Gasteiger partial charge in [-0.3, -0.25) is 9.20 Å². The molecule has 0 fully saturated rings. The van der Waals surface area contributed by atoms with E-state index in [4.69, 9.17) is 0 Å². The van der Waals surface area contributed by atoms with Gasteiger partial charge in [-0.25, -0.2) is 9.37 Å². The van der Waals surface area contributed by atoms with E-state index in [1.165, 1.54) is 16.7 Å². The summed E-state index contributed by atoms with van der Waals surface area (Å²) in [6, 6.07) is 2.92. The summed E-state index contributed by atoms with van der Waals surface area (Å²) in [5.74, 6) is -0.610. The molecule has 0 aliphatic heterocycles. The first-order valence-electron chi connectivity index (χ1n) is 6.62. The van der Waals surface area contributed by atoms with Gasteiger partial charge in [0.25, 0.3) is 5.91 Å². The van der Waals surface area contributed by atoms with Crippen molar-refractivity contribution in [1.29, 1.82) is 0 Å².